The number of carbonyl (C=O) groups excluding carboxylic acids is 1. The lowest BCUT2D eigenvalue weighted by Crippen LogP contribution is -2.14. The van der Waals surface area contributed by atoms with Crippen molar-refractivity contribution in [3.8, 4) is 0 Å². The number of rotatable bonds is 4. The van der Waals surface area contributed by atoms with Crippen LogP contribution in [0.5, 0.6) is 0 Å². The van der Waals surface area contributed by atoms with E-state index in [1.807, 2.05) is 30.4 Å². The van der Waals surface area contributed by atoms with Gasteiger partial charge in [-0.15, -0.1) is 10.2 Å². The van der Waals surface area contributed by atoms with E-state index in [-0.39, 0.29) is 16.7 Å². The average molecular weight is 415 g/mol. The Bertz CT molecular complexity index is 1220. The third-order valence-corrected chi connectivity index (χ3v) is 5.54. The first-order valence-corrected chi connectivity index (χ1v) is 9.91. The van der Waals surface area contributed by atoms with Gasteiger partial charge < -0.3 is 5.32 Å². The van der Waals surface area contributed by atoms with Crippen LogP contribution in [0.15, 0.2) is 47.6 Å². The number of halogens is 2. The van der Waals surface area contributed by atoms with E-state index in [0.29, 0.717) is 10.8 Å². The molecule has 0 radical (unpaired) electrons. The van der Waals surface area contributed by atoms with Gasteiger partial charge in [0.1, 0.15) is 5.82 Å². The van der Waals surface area contributed by atoms with Crippen molar-refractivity contribution in [2.45, 2.75) is 19.0 Å². The van der Waals surface area contributed by atoms with Crippen LogP contribution < -0.4 is 5.32 Å². The number of aromatic nitrogens is 3. The number of amides is 1. The predicted octanol–water partition coefficient (Wildman–Crippen LogP) is 5.02. The Hall–Kier alpha value is -2.64. The largest absolute Gasteiger partial charge is 0.325 e. The molecule has 0 saturated carbocycles. The lowest BCUT2D eigenvalue weighted by molar-refractivity contribution is -0.113. The van der Waals surface area contributed by atoms with Crippen LogP contribution in [-0.4, -0.2) is 26.3 Å². The van der Waals surface area contributed by atoms with Crippen LogP contribution in [0.4, 0.5) is 10.1 Å². The molecule has 4 rings (SSSR count). The van der Waals surface area contributed by atoms with Gasteiger partial charge in [0.15, 0.2) is 10.8 Å². The summed E-state index contributed by atoms with van der Waals surface area (Å²) in [6.45, 7) is 4.04. The molecule has 0 atom stereocenters. The maximum atomic E-state index is 13.2. The number of aryl methyl sites for hydroxylation is 2. The Morgan fingerprint density at radius 3 is 2.79 bits per heavy atom. The van der Waals surface area contributed by atoms with Crippen molar-refractivity contribution in [3.63, 3.8) is 0 Å². The third-order valence-electron chi connectivity index (χ3n) is 4.32. The van der Waals surface area contributed by atoms with Gasteiger partial charge in [-0.3, -0.25) is 9.20 Å². The molecule has 1 amide bonds. The third kappa shape index (κ3) is 3.55. The first kappa shape index (κ1) is 18.7. The fourth-order valence-electron chi connectivity index (χ4n) is 3.03. The minimum Gasteiger partial charge on any atom is -0.325 e. The van der Waals surface area contributed by atoms with Crippen molar-refractivity contribution in [3.05, 3.63) is 64.4 Å². The summed E-state index contributed by atoms with van der Waals surface area (Å²) in [5, 5.41) is 12.9. The SMILES string of the molecule is Cc1ccc2c(c1)cc(C)c1nnc(SCC(=O)Nc3ccc(F)c(Cl)c3)n12. The monoisotopic (exact) mass is 414 g/mol. The number of thioether (sulfide) groups is 1. The number of fused-ring (bicyclic) bond motifs is 3. The van der Waals surface area contributed by atoms with Crippen molar-refractivity contribution in [1.29, 1.82) is 0 Å². The van der Waals surface area contributed by atoms with Crippen LogP contribution in [0.25, 0.3) is 16.6 Å². The second-order valence-corrected chi connectivity index (χ2v) is 7.85. The van der Waals surface area contributed by atoms with Gasteiger partial charge in [-0.1, -0.05) is 35.0 Å². The lowest BCUT2D eigenvalue weighted by atomic mass is 10.1. The number of nitrogens with zero attached hydrogens (tertiary/aromatic N) is 3. The zero-order valence-corrected chi connectivity index (χ0v) is 16.7. The van der Waals surface area contributed by atoms with Crippen LogP contribution in [-0.2, 0) is 4.79 Å². The molecular weight excluding hydrogens is 399 g/mol. The van der Waals surface area contributed by atoms with Crippen molar-refractivity contribution in [2.24, 2.45) is 0 Å². The average Bonchev–Trinajstić information content (AvgIpc) is 3.08. The van der Waals surface area contributed by atoms with Crippen LogP contribution in [0.1, 0.15) is 11.1 Å². The van der Waals surface area contributed by atoms with Crippen LogP contribution in [0.3, 0.4) is 0 Å². The second kappa shape index (κ2) is 7.41. The standard InChI is InChI=1S/C20H16ClFN4OS/c1-11-3-6-17-13(7-11)8-12(2)19-24-25-20(26(17)19)28-10-18(27)23-14-4-5-16(22)15(21)9-14/h3-9H,10H2,1-2H3,(H,23,27). The van der Waals surface area contributed by atoms with Crippen molar-refractivity contribution < 1.29 is 9.18 Å². The smallest absolute Gasteiger partial charge is 0.234 e. The van der Waals surface area contributed by atoms with E-state index in [4.69, 9.17) is 11.6 Å². The van der Waals surface area contributed by atoms with Gasteiger partial charge >= 0.3 is 0 Å². The molecular formula is C20H16ClFN4OS. The molecule has 8 heteroatoms. The molecule has 0 saturated heterocycles. The predicted molar refractivity (Wildman–Crippen MR) is 111 cm³/mol. The molecule has 0 bridgehead atoms. The normalized spacial score (nSPS) is 11.3. The first-order chi connectivity index (χ1) is 13.4. The van der Waals surface area contributed by atoms with Gasteiger partial charge in [0.2, 0.25) is 5.91 Å². The summed E-state index contributed by atoms with van der Waals surface area (Å²) < 4.78 is 15.2. The molecule has 2 aromatic carbocycles. The van der Waals surface area contributed by atoms with Crippen LogP contribution in [0.2, 0.25) is 5.02 Å². The summed E-state index contributed by atoms with van der Waals surface area (Å²) in [6, 6.07) is 12.3. The Labute approximate surface area is 169 Å². The molecule has 142 valence electrons. The number of carbonyl (C=O) groups is 1. The van der Waals surface area contributed by atoms with Gasteiger partial charge in [0.05, 0.1) is 16.3 Å². The summed E-state index contributed by atoms with van der Waals surface area (Å²) in [5.41, 5.74) is 4.39. The molecule has 2 aromatic heterocycles. The summed E-state index contributed by atoms with van der Waals surface area (Å²) in [5.74, 6) is -0.629. The van der Waals surface area contributed by atoms with Crippen molar-refractivity contribution in [2.75, 3.05) is 11.1 Å². The van der Waals surface area contributed by atoms with E-state index in [0.717, 1.165) is 22.1 Å². The zero-order valence-electron chi connectivity index (χ0n) is 15.2. The number of nitrogens with one attached hydrogen (secondary N) is 1. The Kier molecular flexibility index (Phi) is 4.95. The maximum Gasteiger partial charge on any atom is 0.234 e. The molecule has 1 N–H and O–H groups in total. The maximum absolute atomic E-state index is 13.2. The zero-order chi connectivity index (χ0) is 19.8. The van der Waals surface area contributed by atoms with Crippen molar-refractivity contribution >= 4 is 51.5 Å². The number of benzene rings is 2. The van der Waals surface area contributed by atoms with Gasteiger partial charge in [-0.2, -0.15) is 0 Å². The summed E-state index contributed by atoms with van der Waals surface area (Å²) in [6.07, 6.45) is 0. The first-order valence-electron chi connectivity index (χ1n) is 8.55. The highest BCUT2D eigenvalue weighted by molar-refractivity contribution is 7.99. The molecule has 0 aliphatic heterocycles. The van der Waals surface area contributed by atoms with Gasteiger partial charge in [0.25, 0.3) is 0 Å². The van der Waals surface area contributed by atoms with Gasteiger partial charge in [-0.05, 0) is 61.2 Å². The Morgan fingerprint density at radius 2 is 2.00 bits per heavy atom. The molecule has 28 heavy (non-hydrogen) atoms. The Morgan fingerprint density at radius 1 is 1.18 bits per heavy atom. The van der Waals surface area contributed by atoms with E-state index >= 15 is 0 Å². The Balaban J connectivity index is 1.58. The lowest BCUT2D eigenvalue weighted by Gasteiger charge is -2.08. The summed E-state index contributed by atoms with van der Waals surface area (Å²) >= 11 is 7.04. The highest BCUT2D eigenvalue weighted by Crippen LogP contribution is 2.26. The minimum absolute atomic E-state index is 0.0360. The topological polar surface area (TPSA) is 59.3 Å². The molecule has 2 heterocycles. The van der Waals surface area contributed by atoms with E-state index in [1.54, 1.807) is 0 Å². The molecule has 0 aliphatic carbocycles. The summed E-state index contributed by atoms with van der Waals surface area (Å²) in [7, 11) is 0. The van der Waals surface area contributed by atoms with E-state index in [1.165, 1.54) is 35.5 Å². The van der Waals surface area contributed by atoms with Crippen LogP contribution >= 0.6 is 23.4 Å². The molecule has 5 nitrogen and oxygen atoms in total. The van der Waals surface area contributed by atoms with E-state index in [2.05, 4.69) is 27.6 Å². The van der Waals surface area contributed by atoms with Gasteiger partial charge in [-0.25, -0.2) is 4.39 Å². The molecule has 0 fully saturated rings. The number of pyridine rings is 1. The van der Waals surface area contributed by atoms with Gasteiger partial charge in [0, 0.05) is 5.69 Å². The highest BCUT2D eigenvalue weighted by Gasteiger charge is 2.14. The molecule has 0 unspecified atom stereocenters. The van der Waals surface area contributed by atoms with E-state index in [9.17, 15) is 9.18 Å². The summed E-state index contributed by atoms with van der Waals surface area (Å²) in [4.78, 5) is 12.3. The van der Waals surface area contributed by atoms with Crippen molar-refractivity contribution in [1.82, 2.24) is 14.6 Å². The molecule has 0 aliphatic rings. The number of hydrogen-bond acceptors (Lipinski definition) is 4. The second-order valence-electron chi connectivity index (χ2n) is 6.50. The van der Waals surface area contributed by atoms with E-state index < -0.39 is 5.82 Å². The molecule has 0 spiro atoms. The molecule has 4 aromatic rings. The number of hydrogen-bond donors (Lipinski definition) is 1. The minimum atomic E-state index is -0.526. The fraction of sp³-hybridized carbons (Fsp3) is 0.150. The fourth-order valence-corrected chi connectivity index (χ4v) is 3.95. The number of anilines is 1. The highest BCUT2D eigenvalue weighted by atomic mass is 35.5. The van der Waals surface area contributed by atoms with Crippen LogP contribution in [0, 0.1) is 19.7 Å². The quantitative estimate of drug-likeness (QED) is 0.476.